The molecule has 0 radical (unpaired) electrons. The van der Waals surface area contributed by atoms with E-state index in [4.69, 9.17) is 21.1 Å². The van der Waals surface area contributed by atoms with Crippen LogP contribution in [-0.4, -0.2) is 30.9 Å². The predicted molar refractivity (Wildman–Crippen MR) is 146 cm³/mol. The number of aryl methyl sites for hydroxylation is 1. The molecule has 0 unspecified atom stereocenters. The summed E-state index contributed by atoms with van der Waals surface area (Å²) in [6.45, 7) is 3.57. The Kier molecular flexibility index (Phi) is 10.5. The van der Waals surface area contributed by atoms with Gasteiger partial charge in [-0.3, -0.25) is 14.4 Å². The Balaban J connectivity index is 1.80. The summed E-state index contributed by atoms with van der Waals surface area (Å²) in [6, 6.07) is 24.5. The summed E-state index contributed by atoms with van der Waals surface area (Å²) in [7, 11) is 0. The van der Waals surface area contributed by atoms with Gasteiger partial charge >= 0.3 is 11.9 Å². The molecule has 3 aromatic carbocycles. The summed E-state index contributed by atoms with van der Waals surface area (Å²) in [4.78, 5) is 39.8. The molecule has 0 atom stereocenters. The average molecular weight is 521 g/mol. The van der Waals surface area contributed by atoms with E-state index in [0.29, 0.717) is 17.0 Å². The largest absolute Gasteiger partial charge is 0.465 e. The minimum Gasteiger partial charge on any atom is -0.465 e. The second kappa shape index (κ2) is 13.8. The fraction of sp³-hybridized carbons (Fsp3) is 0.323. The summed E-state index contributed by atoms with van der Waals surface area (Å²) >= 11 is 5.98. The first-order valence-electron chi connectivity index (χ1n) is 12.7. The lowest BCUT2D eigenvalue weighted by Gasteiger charge is -2.28. The maximum Gasteiger partial charge on any atom is 0.323 e. The molecule has 3 aromatic rings. The van der Waals surface area contributed by atoms with Crippen molar-refractivity contribution >= 4 is 29.3 Å². The first-order valence-corrected chi connectivity index (χ1v) is 13.0. The Hall–Kier alpha value is -3.44. The van der Waals surface area contributed by atoms with Crippen LogP contribution in [0.15, 0.2) is 78.9 Å². The van der Waals surface area contributed by atoms with Gasteiger partial charge in [-0.05, 0) is 61.9 Å². The molecule has 0 aliphatic carbocycles. The number of halogens is 1. The SMILES string of the molecule is CCOC(=O)C(CCCCc1ccccc1)(CC(=O)c1ccc(-c2ccc(Cl)cc2)cc1)C(=O)OCC. The van der Waals surface area contributed by atoms with Crippen LogP contribution >= 0.6 is 11.6 Å². The summed E-state index contributed by atoms with van der Waals surface area (Å²) in [5, 5.41) is 0.647. The highest BCUT2D eigenvalue weighted by Crippen LogP contribution is 2.35. The molecule has 3 rings (SSSR count). The molecule has 0 aliphatic rings. The molecule has 0 bridgehead atoms. The maximum absolute atomic E-state index is 13.4. The number of hydrogen-bond donors (Lipinski definition) is 0. The lowest BCUT2D eigenvalue weighted by Crippen LogP contribution is -2.44. The number of carbonyl (C=O) groups is 3. The van der Waals surface area contributed by atoms with Gasteiger partial charge in [0.2, 0.25) is 0 Å². The molecular formula is C31H33ClO5. The predicted octanol–water partition coefficient (Wildman–Crippen LogP) is 7.11. The van der Waals surface area contributed by atoms with Crippen molar-refractivity contribution in [1.29, 1.82) is 0 Å². The molecule has 0 spiro atoms. The van der Waals surface area contributed by atoms with Crippen LogP contribution in [0.25, 0.3) is 11.1 Å². The third kappa shape index (κ3) is 7.53. The van der Waals surface area contributed by atoms with E-state index < -0.39 is 17.4 Å². The summed E-state index contributed by atoms with van der Waals surface area (Å²) in [5.74, 6) is -1.73. The Morgan fingerprint density at radius 3 is 1.81 bits per heavy atom. The van der Waals surface area contributed by atoms with Gasteiger partial charge in [-0.15, -0.1) is 0 Å². The van der Waals surface area contributed by atoms with Gasteiger partial charge in [-0.25, -0.2) is 0 Å². The van der Waals surface area contributed by atoms with E-state index in [1.807, 2.05) is 54.6 Å². The second-order valence-electron chi connectivity index (χ2n) is 8.90. The summed E-state index contributed by atoms with van der Waals surface area (Å²) < 4.78 is 10.6. The fourth-order valence-corrected chi connectivity index (χ4v) is 4.45. The molecule has 0 aromatic heterocycles. The standard InChI is InChI=1S/C31H33ClO5/c1-3-36-29(34)31(30(35)37-4-2,21-9-8-12-23-10-6-5-7-11-23)22-28(33)26-15-13-24(14-16-26)25-17-19-27(32)20-18-25/h5-7,10-11,13-20H,3-4,8-9,12,21-22H2,1-2H3. The molecule has 0 fully saturated rings. The number of Topliss-reactive ketones (excluding diaryl/α,β-unsaturated/α-hetero) is 1. The lowest BCUT2D eigenvalue weighted by molar-refractivity contribution is -0.172. The third-order valence-corrected chi connectivity index (χ3v) is 6.59. The van der Waals surface area contributed by atoms with Crippen LogP contribution in [0.3, 0.4) is 0 Å². The van der Waals surface area contributed by atoms with Crippen LogP contribution in [0.1, 0.15) is 55.5 Å². The van der Waals surface area contributed by atoms with Crippen molar-refractivity contribution in [3.63, 3.8) is 0 Å². The van der Waals surface area contributed by atoms with E-state index in [9.17, 15) is 14.4 Å². The minimum atomic E-state index is -1.69. The first kappa shape index (κ1) is 28.1. The molecule has 6 heteroatoms. The number of carbonyl (C=O) groups excluding carboxylic acids is 3. The number of unbranched alkanes of at least 4 members (excludes halogenated alkanes) is 1. The van der Waals surface area contributed by atoms with Gasteiger partial charge in [0.25, 0.3) is 0 Å². The minimum absolute atomic E-state index is 0.105. The molecule has 0 saturated carbocycles. The monoisotopic (exact) mass is 520 g/mol. The van der Waals surface area contributed by atoms with Crippen LogP contribution in [0.5, 0.6) is 0 Å². The van der Waals surface area contributed by atoms with Gasteiger partial charge < -0.3 is 9.47 Å². The van der Waals surface area contributed by atoms with Gasteiger partial charge in [0, 0.05) is 17.0 Å². The van der Waals surface area contributed by atoms with E-state index >= 15 is 0 Å². The molecule has 0 heterocycles. The van der Waals surface area contributed by atoms with Crippen LogP contribution < -0.4 is 0 Å². The van der Waals surface area contributed by atoms with E-state index in [2.05, 4.69) is 0 Å². The van der Waals surface area contributed by atoms with Gasteiger partial charge in [-0.2, -0.15) is 0 Å². The van der Waals surface area contributed by atoms with Gasteiger partial charge in [0.15, 0.2) is 11.2 Å². The zero-order valence-electron chi connectivity index (χ0n) is 21.4. The molecule has 0 saturated heterocycles. The molecule has 0 amide bonds. The van der Waals surface area contributed by atoms with Crippen molar-refractivity contribution in [3.05, 3.63) is 95.0 Å². The zero-order chi connectivity index (χ0) is 26.7. The number of hydrogen-bond acceptors (Lipinski definition) is 5. The van der Waals surface area contributed by atoms with Crippen LogP contribution in [0, 0.1) is 5.41 Å². The Bertz CT molecular complexity index is 1150. The number of ketones is 1. The molecular weight excluding hydrogens is 488 g/mol. The quantitative estimate of drug-likeness (QED) is 0.104. The molecule has 194 valence electrons. The van der Waals surface area contributed by atoms with Crippen molar-refractivity contribution in [2.45, 2.75) is 46.0 Å². The third-order valence-electron chi connectivity index (χ3n) is 6.34. The van der Waals surface area contributed by atoms with Crippen LogP contribution in [-0.2, 0) is 25.5 Å². The maximum atomic E-state index is 13.4. The second-order valence-corrected chi connectivity index (χ2v) is 9.34. The number of ether oxygens (including phenoxy) is 2. The van der Waals surface area contributed by atoms with Crippen molar-refractivity contribution in [3.8, 4) is 11.1 Å². The Labute approximate surface area is 223 Å². The van der Waals surface area contributed by atoms with Crippen molar-refractivity contribution in [2.75, 3.05) is 13.2 Å². The van der Waals surface area contributed by atoms with Gasteiger partial charge in [-0.1, -0.05) is 84.8 Å². The van der Waals surface area contributed by atoms with E-state index in [0.717, 1.165) is 24.0 Å². The molecule has 0 N–H and O–H groups in total. The molecule has 37 heavy (non-hydrogen) atoms. The Morgan fingerprint density at radius 1 is 0.730 bits per heavy atom. The number of benzene rings is 3. The van der Waals surface area contributed by atoms with E-state index in [1.54, 1.807) is 38.1 Å². The topological polar surface area (TPSA) is 69.7 Å². The van der Waals surface area contributed by atoms with Crippen molar-refractivity contribution in [1.82, 2.24) is 0 Å². The highest BCUT2D eigenvalue weighted by molar-refractivity contribution is 6.30. The van der Waals surface area contributed by atoms with Crippen molar-refractivity contribution < 1.29 is 23.9 Å². The lowest BCUT2D eigenvalue weighted by atomic mass is 9.76. The van der Waals surface area contributed by atoms with Crippen LogP contribution in [0.2, 0.25) is 5.02 Å². The Morgan fingerprint density at radius 2 is 1.27 bits per heavy atom. The first-order chi connectivity index (χ1) is 17.9. The zero-order valence-corrected chi connectivity index (χ0v) is 22.1. The normalized spacial score (nSPS) is 11.1. The summed E-state index contributed by atoms with van der Waals surface area (Å²) in [5.41, 5.74) is 1.80. The van der Waals surface area contributed by atoms with E-state index in [-0.39, 0.29) is 31.8 Å². The fourth-order valence-electron chi connectivity index (χ4n) is 4.33. The molecule has 5 nitrogen and oxygen atoms in total. The summed E-state index contributed by atoms with van der Waals surface area (Å²) in [6.07, 6.45) is 1.99. The molecule has 0 aliphatic heterocycles. The highest BCUT2D eigenvalue weighted by atomic mass is 35.5. The van der Waals surface area contributed by atoms with Crippen LogP contribution in [0.4, 0.5) is 0 Å². The van der Waals surface area contributed by atoms with E-state index in [1.165, 1.54) is 5.56 Å². The average Bonchev–Trinajstić information content (AvgIpc) is 2.91. The van der Waals surface area contributed by atoms with Crippen molar-refractivity contribution in [2.24, 2.45) is 5.41 Å². The van der Waals surface area contributed by atoms with Gasteiger partial charge in [0.1, 0.15) is 0 Å². The number of esters is 2. The number of rotatable bonds is 13. The smallest absolute Gasteiger partial charge is 0.323 e. The highest BCUT2D eigenvalue weighted by Gasteiger charge is 2.50. The van der Waals surface area contributed by atoms with Gasteiger partial charge in [0.05, 0.1) is 13.2 Å².